The quantitative estimate of drug-likeness (QED) is 0.706. The van der Waals surface area contributed by atoms with Gasteiger partial charge in [0.15, 0.2) is 15.7 Å². The summed E-state index contributed by atoms with van der Waals surface area (Å²) in [6, 6.07) is 9.68. The van der Waals surface area contributed by atoms with Crippen molar-refractivity contribution >= 4 is 9.84 Å². The first-order valence-electron chi connectivity index (χ1n) is 8.27. The molecule has 4 rings (SSSR count). The van der Waals surface area contributed by atoms with Gasteiger partial charge in [-0.05, 0) is 37.6 Å². The molecule has 26 heavy (non-hydrogen) atoms. The molecule has 1 saturated heterocycles. The van der Waals surface area contributed by atoms with Gasteiger partial charge < -0.3 is 0 Å². The molecule has 0 bridgehead atoms. The molecule has 8 heteroatoms. The Hall–Kier alpha value is -2.61. The van der Waals surface area contributed by atoms with Crippen LogP contribution >= 0.6 is 0 Å². The number of pyridine rings is 1. The van der Waals surface area contributed by atoms with E-state index in [0.717, 1.165) is 5.56 Å². The number of hydrogen-bond donors (Lipinski definition) is 0. The maximum Gasteiger partial charge on any atom is 0.160 e. The van der Waals surface area contributed by atoms with Crippen molar-refractivity contribution in [3.63, 3.8) is 0 Å². The standard InChI is InChI=1S/C18H17FN4O2S/c1-12-21-18(23(22-12)16-7-8-26(24,25)11-16)14-5-6-17(20-10-14)13-3-2-4-15(19)9-13/h2-6,9-10,16H,7-8,11H2,1H3. The monoisotopic (exact) mass is 372 g/mol. The molecule has 6 nitrogen and oxygen atoms in total. The van der Waals surface area contributed by atoms with Crippen molar-refractivity contribution in [2.45, 2.75) is 19.4 Å². The van der Waals surface area contributed by atoms with Crippen LogP contribution in [0.25, 0.3) is 22.6 Å². The van der Waals surface area contributed by atoms with Crippen molar-refractivity contribution in [1.29, 1.82) is 0 Å². The van der Waals surface area contributed by atoms with Crippen molar-refractivity contribution in [1.82, 2.24) is 19.7 Å². The summed E-state index contributed by atoms with van der Waals surface area (Å²) < 4.78 is 38.7. The Kier molecular flexibility index (Phi) is 4.07. The molecule has 1 atom stereocenters. The first kappa shape index (κ1) is 16.8. The molecule has 0 N–H and O–H groups in total. The number of nitrogens with zero attached hydrogens (tertiary/aromatic N) is 4. The highest BCUT2D eigenvalue weighted by Crippen LogP contribution is 2.29. The molecule has 0 amide bonds. The highest BCUT2D eigenvalue weighted by Gasteiger charge is 2.31. The zero-order chi connectivity index (χ0) is 18.3. The molecular weight excluding hydrogens is 355 g/mol. The molecule has 3 aromatic rings. The summed E-state index contributed by atoms with van der Waals surface area (Å²) in [4.78, 5) is 8.85. The summed E-state index contributed by atoms with van der Waals surface area (Å²) in [6.07, 6.45) is 2.19. The van der Waals surface area contributed by atoms with Crippen LogP contribution in [0.3, 0.4) is 0 Å². The Morgan fingerprint density at radius 2 is 2.04 bits per heavy atom. The fourth-order valence-corrected chi connectivity index (χ4v) is 4.89. The predicted molar refractivity (Wildman–Crippen MR) is 95.7 cm³/mol. The second kappa shape index (κ2) is 6.28. The normalized spacial score (nSPS) is 18.9. The molecule has 0 aliphatic carbocycles. The highest BCUT2D eigenvalue weighted by atomic mass is 32.2. The Bertz CT molecular complexity index is 1060. The lowest BCUT2D eigenvalue weighted by Gasteiger charge is -2.12. The van der Waals surface area contributed by atoms with Gasteiger partial charge in [0.2, 0.25) is 0 Å². The van der Waals surface area contributed by atoms with Gasteiger partial charge in [-0.25, -0.2) is 22.5 Å². The molecule has 2 aromatic heterocycles. The molecule has 1 aliphatic heterocycles. The van der Waals surface area contributed by atoms with Gasteiger partial charge in [0.1, 0.15) is 11.6 Å². The Labute approximate surface area is 150 Å². The lowest BCUT2D eigenvalue weighted by molar-refractivity contribution is 0.501. The molecule has 3 heterocycles. The van der Waals surface area contributed by atoms with Gasteiger partial charge in [-0.3, -0.25) is 4.98 Å². The van der Waals surface area contributed by atoms with Crippen LogP contribution in [-0.4, -0.2) is 39.7 Å². The summed E-state index contributed by atoms with van der Waals surface area (Å²) in [5.41, 5.74) is 2.09. The van der Waals surface area contributed by atoms with Crippen LogP contribution in [0.4, 0.5) is 4.39 Å². The van der Waals surface area contributed by atoms with Gasteiger partial charge >= 0.3 is 0 Å². The van der Waals surface area contributed by atoms with E-state index in [0.29, 0.717) is 29.3 Å². The zero-order valence-electron chi connectivity index (χ0n) is 14.1. The number of benzene rings is 1. The fraction of sp³-hybridized carbons (Fsp3) is 0.278. The van der Waals surface area contributed by atoms with Crippen LogP contribution < -0.4 is 0 Å². The summed E-state index contributed by atoms with van der Waals surface area (Å²) in [5, 5.41) is 4.39. The minimum absolute atomic E-state index is 0.0810. The molecular formula is C18H17FN4O2S. The number of sulfone groups is 1. The van der Waals surface area contributed by atoms with E-state index in [1.165, 1.54) is 12.1 Å². The first-order chi connectivity index (χ1) is 12.4. The zero-order valence-corrected chi connectivity index (χ0v) is 14.9. The minimum Gasteiger partial charge on any atom is -0.255 e. The second-order valence-corrected chi connectivity index (χ2v) is 8.66. The van der Waals surface area contributed by atoms with Crippen LogP contribution in [0, 0.1) is 12.7 Å². The van der Waals surface area contributed by atoms with Crippen LogP contribution in [0.1, 0.15) is 18.3 Å². The van der Waals surface area contributed by atoms with Crippen LogP contribution in [-0.2, 0) is 9.84 Å². The van der Waals surface area contributed by atoms with E-state index in [2.05, 4.69) is 15.1 Å². The summed E-state index contributed by atoms with van der Waals surface area (Å²) in [7, 11) is -3.02. The van der Waals surface area contributed by atoms with Gasteiger partial charge in [0.25, 0.3) is 0 Å². The van der Waals surface area contributed by atoms with E-state index in [9.17, 15) is 12.8 Å². The Balaban J connectivity index is 1.68. The fourth-order valence-electron chi connectivity index (χ4n) is 3.19. The third-order valence-corrected chi connectivity index (χ3v) is 6.18. The topological polar surface area (TPSA) is 77.7 Å². The van der Waals surface area contributed by atoms with Crippen molar-refractivity contribution in [2.75, 3.05) is 11.5 Å². The maximum absolute atomic E-state index is 13.4. The third kappa shape index (κ3) is 3.24. The molecule has 0 radical (unpaired) electrons. The average Bonchev–Trinajstić information content (AvgIpc) is 3.17. The summed E-state index contributed by atoms with van der Waals surface area (Å²) >= 11 is 0. The second-order valence-electron chi connectivity index (χ2n) is 6.43. The number of rotatable bonds is 3. The van der Waals surface area contributed by atoms with Gasteiger partial charge in [0, 0.05) is 17.3 Å². The highest BCUT2D eigenvalue weighted by molar-refractivity contribution is 7.91. The third-order valence-electron chi connectivity index (χ3n) is 4.43. The molecule has 1 aliphatic rings. The van der Waals surface area contributed by atoms with E-state index in [1.807, 2.05) is 6.07 Å². The average molecular weight is 372 g/mol. The lowest BCUT2D eigenvalue weighted by Crippen LogP contribution is -2.14. The van der Waals surface area contributed by atoms with Crippen molar-refractivity contribution < 1.29 is 12.8 Å². The summed E-state index contributed by atoms with van der Waals surface area (Å²) in [6.45, 7) is 1.78. The van der Waals surface area contributed by atoms with Crippen LogP contribution in [0.2, 0.25) is 0 Å². The molecule has 1 fully saturated rings. The van der Waals surface area contributed by atoms with Crippen LogP contribution in [0.5, 0.6) is 0 Å². The van der Waals surface area contributed by atoms with E-state index >= 15 is 0 Å². The largest absolute Gasteiger partial charge is 0.255 e. The van der Waals surface area contributed by atoms with Gasteiger partial charge in [-0.2, -0.15) is 5.10 Å². The molecule has 0 spiro atoms. The number of aromatic nitrogens is 4. The van der Waals surface area contributed by atoms with E-state index in [-0.39, 0.29) is 23.4 Å². The Morgan fingerprint density at radius 1 is 1.19 bits per heavy atom. The van der Waals surface area contributed by atoms with E-state index < -0.39 is 9.84 Å². The number of aryl methyl sites for hydroxylation is 1. The molecule has 0 saturated carbocycles. The molecule has 134 valence electrons. The van der Waals surface area contributed by atoms with Gasteiger partial charge in [0.05, 0.1) is 23.2 Å². The van der Waals surface area contributed by atoms with E-state index in [4.69, 9.17) is 0 Å². The Morgan fingerprint density at radius 3 is 2.69 bits per heavy atom. The molecule has 1 aromatic carbocycles. The predicted octanol–water partition coefficient (Wildman–Crippen LogP) is 2.81. The minimum atomic E-state index is -3.02. The van der Waals surface area contributed by atoms with Crippen molar-refractivity contribution in [3.05, 3.63) is 54.2 Å². The van der Waals surface area contributed by atoms with Crippen molar-refractivity contribution in [2.24, 2.45) is 0 Å². The lowest BCUT2D eigenvalue weighted by atomic mass is 10.1. The van der Waals surface area contributed by atoms with Crippen molar-refractivity contribution in [3.8, 4) is 22.6 Å². The number of halogens is 1. The van der Waals surface area contributed by atoms with Gasteiger partial charge in [-0.1, -0.05) is 12.1 Å². The SMILES string of the molecule is Cc1nc(-c2ccc(-c3cccc(F)c3)nc2)n(C2CCS(=O)(=O)C2)n1. The van der Waals surface area contributed by atoms with Crippen LogP contribution in [0.15, 0.2) is 42.6 Å². The van der Waals surface area contributed by atoms with E-state index in [1.54, 1.807) is 36.0 Å². The smallest absolute Gasteiger partial charge is 0.160 e. The number of hydrogen-bond acceptors (Lipinski definition) is 5. The summed E-state index contributed by atoms with van der Waals surface area (Å²) in [5.74, 6) is 1.12. The first-order valence-corrected chi connectivity index (χ1v) is 10.1. The maximum atomic E-state index is 13.4. The van der Waals surface area contributed by atoms with Gasteiger partial charge in [-0.15, -0.1) is 0 Å². The molecule has 1 unspecified atom stereocenters.